The zero-order valence-corrected chi connectivity index (χ0v) is 10.4. The van der Waals surface area contributed by atoms with Crippen LogP contribution in [0, 0.1) is 0 Å². The highest BCUT2D eigenvalue weighted by Gasteiger charge is 2.13. The van der Waals surface area contributed by atoms with Crippen LogP contribution in [0.3, 0.4) is 0 Å². The van der Waals surface area contributed by atoms with E-state index in [-0.39, 0.29) is 0 Å². The summed E-state index contributed by atoms with van der Waals surface area (Å²) in [5.74, 6) is 1.61. The number of nitrogens with two attached hydrogens (primary N) is 1. The van der Waals surface area contributed by atoms with Crippen LogP contribution >= 0.6 is 0 Å². The molecule has 6 heteroatoms. The van der Waals surface area contributed by atoms with Gasteiger partial charge in [-0.3, -0.25) is 0 Å². The predicted octanol–water partition coefficient (Wildman–Crippen LogP) is 1.60. The average molecular weight is 255 g/mol. The fourth-order valence-electron chi connectivity index (χ4n) is 1.84. The highest BCUT2D eigenvalue weighted by molar-refractivity contribution is 5.57. The molecule has 0 radical (unpaired) electrons. The van der Waals surface area contributed by atoms with Crippen molar-refractivity contribution in [1.82, 2.24) is 19.7 Å². The summed E-state index contributed by atoms with van der Waals surface area (Å²) in [6.07, 6.45) is 3.53. The van der Waals surface area contributed by atoms with E-state index in [0.717, 1.165) is 11.1 Å². The molecule has 0 amide bonds. The number of aryl methyl sites for hydroxylation is 1. The monoisotopic (exact) mass is 255 g/mol. The first kappa shape index (κ1) is 11.6. The Bertz CT molecular complexity index is 700. The summed E-state index contributed by atoms with van der Waals surface area (Å²) in [6, 6.07) is 7.73. The van der Waals surface area contributed by atoms with E-state index >= 15 is 0 Å². The molecule has 0 saturated heterocycles. The summed E-state index contributed by atoms with van der Waals surface area (Å²) >= 11 is 0. The zero-order valence-electron chi connectivity index (χ0n) is 10.4. The molecule has 0 aliphatic rings. The van der Waals surface area contributed by atoms with Gasteiger partial charge in [0.25, 0.3) is 5.89 Å². The van der Waals surface area contributed by atoms with Gasteiger partial charge in [0.05, 0.1) is 0 Å². The average Bonchev–Trinajstić information content (AvgIpc) is 3.07. The van der Waals surface area contributed by atoms with E-state index in [0.29, 0.717) is 24.1 Å². The molecule has 96 valence electrons. The van der Waals surface area contributed by atoms with Gasteiger partial charge in [0, 0.05) is 31.5 Å². The summed E-state index contributed by atoms with van der Waals surface area (Å²) < 4.78 is 7.11. The van der Waals surface area contributed by atoms with Gasteiger partial charge in [0.1, 0.15) is 0 Å². The second kappa shape index (κ2) is 4.66. The summed E-state index contributed by atoms with van der Waals surface area (Å²) in [5, 5.41) is 3.95. The van der Waals surface area contributed by atoms with Gasteiger partial charge in [-0.05, 0) is 17.7 Å². The Labute approximate surface area is 109 Å². The maximum Gasteiger partial charge on any atom is 0.258 e. The van der Waals surface area contributed by atoms with Crippen LogP contribution in [0.4, 0.5) is 0 Å². The highest BCUT2D eigenvalue weighted by atomic mass is 16.5. The molecule has 0 fully saturated rings. The normalized spacial score (nSPS) is 10.8. The van der Waals surface area contributed by atoms with Gasteiger partial charge in [-0.25, -0.2) is 4.98 Å². The van der Waals surface area contributed by atoms with Gasteiger partial charge in [-0.15, -0.1) is 0 Å². The van der Waals surface area contributed by atoms with Crippen molar-refractivity contribution >= 4 is 0 Å². The van der Waals surface area contributed by atoms with Crippen LogP contribution < -0.4 is 5.73 Å². The first-order valence-electron chi connectivity index (χ1n) is 5.88. The molecule has 0 bridgehead atoms. The first-order chi connectivity index (χ1) is 9.28. The highest BCUT2D eigenvalue weighted by Crippen LogP contribution is 2.21. The van der Waals surface area contributed by atoms with E-state index in [4.69, 9.17) is 10.3 Å². The summed E-state index contributed by atoms with van der Waals surface area (Å²) in [6.45, 7) is 0.480. The molecule has 2 heterocycles. The molecule has 0 saturated carbocycles. The van der Waals surface area contributed by atoms with Crippen LogP contribution in [0.1, 0.15) is 5.56 Å². The maximum absolute atomic E-state index is 5.62. The Hall–Kier alpha value is -2.47. The van der Waals surface area contributed by atoms with Crippen molar-refractivity contribution in [3.8, 4) is 23.1 Å². The number of rotatable bonds is 3. The standard InChI is InChI=1S/C13H13N5O/c1-18-6-5-15-12(18)11-16-13(19-17-11)10-4-2-3-9(7-10)8-14/h2-7H,8,14H2,1H3. The number of nitrogens with zero attached hydrogens (tertiary/aromatic N) is 4. The Morgan fingerprint density at radius 2 is 2.26 bits per heavy atom. The molecule has 19 heavy (non-hydrogen) atoms. The van der Waals surface area contributed by atoms with Crippen molar-refractivity contribution in [3.05, 3.63) is 42.2 Å². The van der Waals surface area contributed by atoms with Crippen molar-refractivity contribution in [3.63, 3.8) is 0 Å². The van der Waals surface area contributed by atoms with Gasteiger partial charge in [-0.1, -0.05) is 17.3 Å². The molecule has 3 aromatic rings. The molecule has 2 N–H and O–H groups in total. The zero-order chi connectivity index (χ0) is 13.2. The summed E-state index contributed by atoms with van der Waals surface area (Å²) in [5.41, 5.74) is 7.50. The van der Waals surface area contributed by atoms with Crippen LogP contribution in [-0.4, -0.2) is 19.7 Å². The van der Waals surface area contributed by atoms with E-state index in [1.54, 1.807) is 6.20 Å². The van der Waals surface area contributed by atoms with E-state index in [9.17, 15) is 0 Å². The third kappa shape index (κ3) is 2.13. The second-order valence-electron chi connectivity index (χ2n) is 4.19. The molecule has 0 atom stereocenters. The minimum Gasteiger partial charge on any atom is -0.334 e. The molecule has 3 rings (SSSR count). The minimum atomic E-state index is 0.466. The van der Waals surface area contributed by atoms with Crippen LogP contribution in [0.15, 0.2) is 41.2 Å². The Morgan fingerprint density at radius 3 is 3.00 bits per heavy atom. The van der Waals surface area contributed by atoms with E-state index in [1.807, 2.05) is 42.1 Å². The second-order valence-corrected chi connectivity index (χ2v) is 4.19. The van der Waals surface area contributed by atoms with E-state index < -0.39 is 0 Å². The fourth-order valence-corrected chi connectivity index (χ4v) is 1.84. The topological polar surface area (TPSA) is 82.8 Å². The molecule has 0 aliphatic heterocycles. The smallest absolute Gasteiger partial charge is 0.258 e. The Morgan fingerprint density at radius 1 is 1.37 bits per heavy atom. The minimum absolute atomic E-state index is 0.466. The van der Waals surface area contributed by atoms with Gasteiger partial charge in [0.2, 0.25) is 5.82 Å². The van der Waals surface area contributed by atoms with Gasteiger partial charge in [0.15, 0.2) is 5.82 Å². The van der Waals surface area contributed by atoms with Gasteiger partial charge < -0.3 is 14.8 Å². The Kier molecular flexibility index (Phi) is 2.85. The molecule has 0 spiro atoms. The van der Waals surface area contributed by atoms with Crippen LogP contribution in [-0.2, 0) is 13.6 Å². The van der Waals surface area contributed by atoms with Crippen molar-refractivity contribution in [2.24, 2.45) is 12.8 Å². The van der Waals surface area contributed by atoms with Crippen LogP contribution in [0.2, 0.25) is 0 Å². The number of benzene rings is 1. The van der Waals surface area contributed by atoms with Crippen molar-refractivity contribution in [2.45, 2.75) is 6.54 Å². The maximum atomic E-state index is 5.62. The third-order valence-electron chi connectivity index (χ3n) is 2.86. The molecule has 2 aromatic heterocycles. The predicted molar refractivity (Wildman–Crippen MR) is 69.8 cm³/mol. The number of aromatic nitrogens is 4. The lowest BCUT2D eigenvalue weighted by Gasteiger charge is -1.98. The lowest BCUT2D eigenvalue weighted by molar-refractivity contribution is 0.431. The summed E-state index contributed by atoms with van der Waals surface area (Å²) in [7, 11) is 1.88. The number of hydrogen-bond acceptors (Lipinski definition) is 5. The van der Waals surface area contributed by atoms with Crippen LogP contribution in [0.25, 0.3) is 23.1 Å². The largest absolute Gasteiger partial charge is 0.334 e. The Balaban J connectivity index is 1.99. The van der Waals surface area contributed by atoms with Crippen molar-refractivity contribution in [2.75, 3.05) is 0 Å². The molecule has 0 unspecified atom stereocenters. The van der Waals surface area contributed by atoms with E-state index in [1.165, 1.54) is 0 Å². The van der Waals surface area contributed by atoms with Crippen molar-refractivity contribution < 1.29 is 4.52 Å². The first-order valence-corrected chi connectivity index (χ1v) is 5.88. The molecule has 1 aromatic carbocycles. The lowest BCUT2D eigenvalue weighted by Crippen LogP contribution is -1.96. The quantitative estimate of drug-likeness (QED) is 0.768. The SMILES string of the molecule is Cn1ccnc1-c1noc(-c2cccc(CN)c2)n1. The van der Waals surface area contributed by atoms with Crippen LogP contribution in [0.5, 0.6) is 0 Å². The third-order valence-corrected chi connectivity index (χ3v) is 2.86. The number of imidazole rings is 1. The van der Waals surface area contributed by atoms with Crippen molar-refractivity contribution in [1.29, 1.82) is 0 Å². The molecule has 0 aliphatic carbocycles. The lowest BCUT2D eigenvalue weighted by atomic mass is 10.1. The fraction of sp³-hybridized carbons (Fsp3) is 0.154. The van der Waals surface area contributed by atoms with Gasteiger partial charge in [-0.2, -0.15) is 4.98 Å². The molecular weight excluding hydrogens is 242 g/mol. The summed E-state index contributed by atoms with van der Waals surface area (Å²) in [4.78, 5) is 8.54. The number of hydrogen-bond donors (Lipinski definition) is 1. The molecule has 6 nitrogen and oxygen atoms in total. The molecular formula is C13H13N5O. The van der Waals surface area contributed by atoms with E-state index in [2.05, 4.69) is 15.1 Å². The van der Waals surface area contributed by atoms with Gasteiger partial charge >= 0.3 is 0 Å².